The fourth-order valence-electron chi connectivity index (χ4n) is 1.81. The summed E-state index contributed by atoms with van der Waals surface area (Å²) in [4.78, 5) is 0. The van der Waals surface area contributed by atoms with Crippen LogP contribution >= 0.6 is 0 Å². The molecule has 16 heavy (non-hydrogen) atoms. The Hall–Kier alpha value is -1.96. The fourth-order valence-corrected chi connectivity index (χ4v) is 1.81. The van der Waals surface area contributed by atoms with Gasteiger partial charge in [0.15, 0.2) is 0 Å². The van der Waals surface area contributed by atoms with Gasteiger partial charge in [-0.25, -0.2) is 0 Å². The van der Waals surface area contributed by atoms with E-state index in [9.17, 15) is 0 Å². The topological polar surface area (TPSA) is 35.2 Å². The Morgan fingerprint density at radius 2 is 1.75 bits per heavy atom. The van der Waals surface area contributed by atoms with Gasteiger partial charge in [0.1, 0.15) is 5.75 Å². The Kier molecular flexibility index (Phi) is 2.82. The Morgan fingerprint density at radius 1 is 1.00 bits per heavy atom. The van der Waals surface area contributed by atoms with Crippen molar-refractivity contribution in [3.63, 3.8) is 0 Å². The van der Waals surface area contributed by atoms with Gasteiger partial charge in [0, 0.05) is 17.3 Å². The van der Waals surface area contributed by atoms with Crippen molar-refractivity contribution in [3.05, 3.63) is 48.0 Å². The molecule has 0 saturated carbocycles. The molecule has 0 aliphatic rings. The predicted octanol–water partition coefficient (Wildman–Crippen LogP) is 3.25. The zero-order chi connectivity index (χ0) is 11.5. The zero-order valence-electron chi connectivity index (χ0n) is 9.53. The quantitative estimate of drug-likeness (QED) is 0.777. The number of ether oxygens (including phenoxy) is 1. The van der Waals surface area contributed by atoms with E-state index in [0.717, 1.165) is 11.3 Å². The second kappa shape index (κ2) is 4.27. The number of benzene rings is 2. The van der Waals surface area contributed by atoms with Gasteiger partial charge in [0.2, 0.25) is 0 Å². The Balaban J connectivity index is 2.60. The van der Waals surface area contributed by atoms with E-state index in [1.165, 1.54) is 11.1 Å². The summed E-state index contributed by atoms with van der Waals surface area (Å²) in [6, 6.07) is 14.0. The number of hydrogen-bond acceptors (Lipinski definition) is 2. The van der Waals surface area contributed by atoms with E-state index in [2.05, 4.69) is 19.1 Å². The number of methoxy groups -OCH3 is 1. The molecule has 0 aliphatic carbocycles. The highest BCUT2D eigenvalue weighted by Crippen LogP contribution is 2.33. The van der Waals surface area contributed by atoms with E-state index in [4.69, 9.17) is 10.5 Å². The van der Waals surface area contributed by atoms with Crippen molar-refractivity contribution in [2.24, 2.45) is 0 Å². The number of anilines is 1. The van der Waals surface area contributed by atoms with E-state index < -0.39 is 0 Å². The third-order valence-corrected chi connectivity index (χ3v) is 2.66. The average Bonchev–Trinajstić information content (AvgIpc) is 2.30. The molecule has 82 valence electrons. The van der Waals surface area contributed by atoms with Crippen molar-refractivity contribution in [2.75, 3.05) is 12.8 Å². The average molecular weight is 213 g/mol. The van der Waals surface area contributed by atoms with Crippen molar-refractivity contribution in [1.29, 1.82) is 0 Å². The van der Waals surface area contributed by atoms with E-state index >= 15 is 0 Å². The molecule has 0 unspecified atom stereocenters. The highest BCUT2D eigenvalue weighted by atomic mass is 16.5. The SMILES string of the molecule is COc1cc(N)ccc1-c1ccccc1C. The lowest BCUT2D eigenvalue weighted by molar-refractivity contribution is 0.416. The van der Waals surface area contributed by atoms with Gasteiger partial charge in [-0.05, 0) is 30.2 Å². The Bertz CT molecular complexity index is 506. The molecule has 2 heteroatoms. The maximum Gasteiger partial charge on any atom is 0.128 e. The lowest BCUT2D eigenvalue weighted by atomic mass is 9.99. The molecule has 0 bridgehead atoms. The van der Waals surface area contributed by atoms with Crippen LogP contribution < -0.4 is 10.5 Å². The fraction of sp³-hybridized carbons (Fsp3) is 0.143. The maximum absolute atomic E-state index is 5.74. The second-order valence-corrected chi connectivity index (χ2v) is 3.77. The molecule has 0 radical (unpaired) electrons. The van der Waals surface area contributed by atoms with Gasteiger partial charge in [-0.2, -0.15) is 0 Å². The summed E-state index contributed by atoms with van der Waals surface area (Å²) < 4.78 is 5.36. The third kappa shape index (κ3) is 1.87. The molecule has 0 saturated heterocycles. The van der Waals surface area contributed by atoms with Crippen LogP contribution in [-0.2, 0) is 0 Å². The van der Waals surface area contributed by atoms with Crippen LogP contribution in [0.15, 0.2) is 42.5 Å². The van der Waals surface area contributed by atoms with Crippen LogP contribution in [0.5, 0.6) is 5.75 Å². The first-order chi connectivity index (χ1) is 7.72. The zero-order valence-corrected chi connectivity index (χ0v) is 9.53. The lowest BCUT2D eigenvalue weighted by Crippen LogP contribution is -1.92. The standard InChI is InChI=1S/C14H15NO/c1-10-5-3-4-6-12(10)13-8-7-11(15)9-14(13)16-2/h3-9H,15H2,1-2H3. The number of nitrogen functional groups attached to an aromatic ring is 1. The monoisotopic (exact) mass is 213 g/mol. The molecule has 0 fully saturated rings. The van der Waals surface area contributed by atoms with E-state index in [0.29, 0.717) is 5.69 Å². The first-order valence-electron chi connectivity index (χ1n) is 5.22. The highest BCUT2D eigenvalue weighted by molar-refractivity contribution is 5.75. The number of aryl methyl sites for hydroxylation is 1. The molecular weight excluding hydrogens is 198 g/mol. The van der Waals surface area contributed by atoms with Gasteiger partial charge in [-0.3, -0.25) is 0 Å². The summed E-state index contributed by atoms with van der Waals surface area (Å²) in [7, 11) is 1.66. The molecule has 0 atom stereocenters. The summed E-state index contributed by atoms with van der Waals surface area (Å²) in [5.74, 6) is 0.814. The van der Waals surface area contributed by atoms with Gasteiger partial charge in [0.05, 0.1) is 7.11 Å². The highest BCUT2D eigenvalue weighted by Gasteiger charge is 2.07. The van der Waals surface area contributed by atoms with Crippen molar-refractivity contribution in [2.45, 2.75) is 6.92 Å². The first-order valence-corrected chi connectivity index (χ1v) is 5.22. The molecule has 2 rings (SSSR count). The minimum atomic E-state index is 0.717. The summed E-state index contributed by atoms with van der Waals surface area (Å²) in [6.45, 7) is 2.09. The summed E-state index contributed by atoms with van der Waals surface area (Å²) >= 11 is 0. The van der Waals surface area contributed by atoms with Crippen LogP contribution in [0.3, 0.4) is 0 Å². The van der Waals surface area contributed by atoms with Crippen molar-refractivity contribution < 1.29 is 4.74 Å². The summed E-state index contributed by atoms with van der Waals surface area (Å²) in [6.07, 6.45) is 0. The van der Waals surface area contributed by atoms with Crippen molar-refractivity contribution in [1.82, 2.24) is 0 Å². The lowest BCUT2D eigenvalue weighted by Gasteiger charge is -2.11. The van der Waals surface area contributed by atoms with Crippen LogP contribution in [-0.4, -0.2) is 7.11 Å². The van der Waals surface area contributed by atoms with Crippen LogP contribution in [0, 0.1) is 6.92 Å². The van der Waals surface area contributed by atoms with Crippen LogP contribution in [0.25, 0.3) is 11.1 Å². The molecule has 0 amide bonds. The first kappa shape index (κ1) is 10.6. The van der Waals surface area contributed by atoms with Crippen LogP contribution in [0.1, 0.15) is 5.56 Å². The van der Waals surface area contributed by atoms with E-state index in [1.807, 2.05) is 30.3 Å². The predicted molar refractivity (Wildman–Crippen MR) is 67.6 cm³/mol. The minimum absolute atomic E-state index is 0.717. The molecule has 0 heterocycles. The smallest absolute Gasteiger partial charge is 0.128 e. The van der Waals surface area contributed by atoms with E-state index in [-0.39, 0.29) is 0 Å². The number of nitrogens with two attached hydrogens (primary N) is 1. The molecular formula is C14H15NO. The van der Waals surface area contributed by atoms with Gasteiger partial charge in [0.25, 0.3) is 0 Å². The van der Waals surface area contributed by atoms with Crippen molar-refractivity contribution in [3.8, 4) is 16.9 Å². The molecule has 2 aromatic rings. The van der Waals surface area contributed by atoms with Crippen LogP contribution in [0.4, 0.5) is 5.69 Å². The van der Waals surface area contributed by atoms with Gasteiger partial charge in [-0.15, -0.1) is 0 Å². The second-order valence-electron chi connectivity index (χ2n) is 3.77. The van der Waals surface area contributed by atoms with Gasteiger partial charge in [-0.1, -0.05) is 24.3 Å². The molecule has 2 aromatic carbocycles. The molecule has 0 aromatic heterocycles. The normalized spacial score (nSPS) is 10.1. The number of hydrogen-bond donors (Lipinski definition) is 1. The van der Waals surface area contributed by atoms with Gasteiger partial charge < -0.3 is 10.5 Å². The van der Waals surface area contributed by atoms with Crippen molar-refractivity contribution >= 4 is 5.69 Å². The van der Waals surface area contributed by atoms with Crippen LogP contribution in [0.2, 0.25) is 0 Å². The largest absolute Gasteiger partial charge is 0.496 e. The summed E-state index contributed by atoms with van der Waals surface area (Å²) in [5.41, 5.74) is 9.94. The molecule has 2 nitrogen and oxygen atoms in total. The molecule has 0 spiro atoms. The summed E-state index contributed by atoms with van der Waals surface area (Å²) in [5, 5.41) is 0. The van der Waals surface area contributed by atoms with E-state index in [1.54, 1.807) is 7.11 Å². The number of rotatable bonds is 2. The maximum atomic E-state index is 5.74. The Labute approximate surface area is 95.7 Å². The minimum Gasteiger partial charge on any atom is -0.496 e. The Morgan fingerprint density at radius 3 is 2.44 bits per heavy atom. The molecule has 0 aliphatic heterocycles. The third-order valence-electron chi connectivity index (χ3n) is 2.66. The van der Waals surface area contributed by atoms with Gasteiger partial charge >= 0.3 is 0 Å². The molecule has 2 N–H and O–H groups in total.